The highest BCUT2D eigenvalue weighted by molar-refractivity contribution is 8.13. The maximum atomic E-state index is 6.18. The van der Waals surface area contributed by atoms with Gasteiger partial charge in [0.2, 0.25) is 8.38 Å². The third kappa shape index (κ3) is 7.28. The molecule has 0 aromatic heterocycles. The van der Waals surface area contributed by atoms with E-state index in [4.69, 9.17) is 41.3 Å². The highest BCUT2D eigenvalue weighted by Gasteiger charge is 2.30. The lowest BCUT2D eigenvalue weighted by Gasteiger charge is -2.29. The van der Waals surface area contributed by atoms with Gasteiger partial charge in [0, 0.05) is 17.6 Å². The van der Waals surface area contributed by atoms with Crippen molar-refractivity contribution < 1.29 is 17.7 Å². The molecule has 2 unspecified atom stereocenters. The maximum Gasteiger partial charge on any atom is 0.216 e. The minimum atomic E-state index is -2.38. The standard InChI is InChI=1S/C14H25O4P3S2/c1-5-15-20(22,7-3)17-19(14-12-10-9-11-13-14)18-21(23,8-4)16-6-2/h9-13H,5-8H2,1-4H3. The number of hydrogen-bond donors (Lipinski definition) is 0. The van der Waals surface area contributed by atoms with Crippen molar-refractivity contribution in [3.8, 4) is 0 Å². The summed E-state index contributed by atoms with van der Waals surface area (Å²) in [6, 6.07) is 9.78. The Balaban J connectivity index is 3.08. The molecule has 0 aliphatic heterocycles. The van der Waals surface area contributed by atoms with Crippen molar-refractivity contribution in [2.24, 2.45) is 0 Å². The van der Waals surface area contributed by atoms with Gasteiger partial charge < -0.3 is 9.05 Å². The fourth-order valence-electron chi connectivity index (χ4n) is 1.62. The Bertz CT molecular complexity index is 526. The topological polar surface area (TPSA) is 36.9 Å². The first kappa shape index (κ1) is 21.8. The molecule has 2 atom stereocenters. The smallest absolute Gasteiger partial charge is 0.216 e. The lowest BCUT2D eigenvalue weighted by atomic mass is 10.4. The largest absolute Gasteiger partial charge is 0.329 e. The van der Waals surface area contributed by atoms with Crippen LogP contribution in [-0.4, -0.2) is 25.5 Å². The van der Waals surface area contributed by atoms with Crippen molar-refractivity contribution in [3.63, 3.8) is 0 Å². The summed E-state index contributed by atoms with van der Waals surface area (Å²) in [6.45, 7) is 4.08. The second kappa shape index (κ2) is 10.7. The van der Waals surface area contributed by atoms with E-state index in [1.807, 2.05) is 58.0 Å². The summed E-state index contributed by atoms with van der Waals surface area (Å²) in [6.07, 6.45) is 1.30. The third-order valence-electron chi connectivity index (χ3n) is 2.79. The third-order valence-corrected chi connectivity index (χ3v) is 12.9. The van der Waals surface area contributed by atoms with Gasteiger partial charge in [-0.25, -0.2) is 0 Å². The van der Waals surface area contributed by atoms with Crippen molar-refractivity contribution in [2.45, 2.75) is 27.7 Å². The van der Waals surface area contributed by atoms with Crippen LogP contribution >= 0.6 is 21.4 Å². The molecular formula is C14H25O4P3S2. The maximum absolute atomic E-state index is 6.18. The molecule has 0 aliphatic rings. The second-order valence-corrected chi connectivity index (χ2v) is 14.3. The van der Waals surface area contributed by atoms with Crippen molar-refractivity contribution in [1.29, 1.82) is 0 Å². The Morgan fingerprint density at radius 3 is 1.61 bits per heavy atom. The Morgan fingerprint density at radius 1 is 0.826 bits per heavy atom. The van der Waals surface area contributed by atoms with Gasteiger partial charge in [-0.1, -0.05) is 32.0 Å². The molecule has 1 aromatic carbocycles. The van der Waals surface area contributed by atoms with Crippen LogP contribution < -0.4 is 5.30 Å². The van der Waals surface area contributed by atoms with Gasteiger partial charge in [0.05, 0.1) is 13.2 Å². The van der Waals surface area contributed by atoms with Gasteiger partial charge in [-0.05, 0) is 49.6 Å². The average Bonchev–Trinajstić information content (AvgIpc) is 2.55. The van der Waals surface area contributed by atoms with Crippen molar-refractivity contribution in [3.05, 3.63) is 30.3 Å². The molecule has 0 N–H and O–H groups in total. The molecule has 0 fully saturated rings. The zero-order valence-corrected chi connectivity index (χ0v) is 18.3. The Morgan fingerprint density at radius 2 is 1.26 bits per heavy atom. The molecule has 23 heavy (non-hydrogen) atoms. The number of hydrogen-bond acceptors (Lipinski definition) is 6. The Kier molecular flexibility index (Phi) is 10.2. The normalized spacial score (nSPS) is 18.1. The molecule has 0 aliphatic carbocycles. The molecule has 0 radical (unpaired) electrons. The first-order valence-corrected chi connectivity index (χ1v) is 14.5. The van der Waals surface area contributed by atoms with Crippen LogP contribution in [0.25, 0.3) is 0 Å². The van der Waals surface area contributed by atoms with E-state index in [1.165, 1.54) is 0 Å². The fraction of sp³-hybridized carbons (Fsp3) is 0.571. The van der Waals surface area contributed by atoms with Crippen LogP contribution in [0.15, 0.2) is 30.3 Å². The first-order chi connectivity index (χ1) is 10.9. The molecule has 4 nitrogen and oxygen atoms in total. The summed E-state index contributed by atoms with van der Waals surface area (Å²) in [4.78, 5) is 0. The van der Waals surface area contributed by atoms with Gasteiger partial charge in [0.15, 0.2) is 13.0 Å². The molecule has 0 bridgehead atoms. The summed E-state index contributed by atoms with van der Waals surface area (Å²) >= 11 is 11.2. The molecule has 0 spiro atoms. The molecule has 0 amide bonds. The van der Waals surface area contributed by atoms with Crippen LogP contribution in [0.3, 0.4) is 0 Å². The fourth-order valence-corrected chi connectivity index (χ4v) is 9.16. The van der Waals surface area contributed by atoms with E-state index >= 15 is 0 Å². The summed E-state index contributed by atoms with van der Waals surface area (Å²) in [5.74, 6) is 0. The first-order valence-electron chi connectivity index (χ1n) is 7.63. The lowest BCUT2D eigenvalue weighted by molar-refractivity contribution is 0.319. The van der Waals surface area contributed by atoms with E-state index < -0.39 is 21.4 Å². The van der Waals surface area contributed by atoms with Gasteiger partial charge in [-0.2, -0.15) is 0 Å². The van der Waals surface area contributed by atoms with Crippen LogP contribution in [-0.2, 0) is 41.3 Å². The van der Waals surface area contributed by atoms with Crippen molar-refractivity contribution in [2.75, 3.05) is 25.5 Å². The van der Waals surface area contributed by atoms with E-state index in [0.717, 1.165) is 5.30 Å². The molecule has 9 heteroatoms. The molecular weight excluding hydrogens is 389 g/mol. The van der Waals surface area contributed by atoms with Crippen LogP contribution in [0.4, 0.5) is 0 Å². The molecule has 0 saturated carbocycles. The SMILES string of the molecule is CCOP(=S)(CC)OP(OP(=S)(CC)OCC)c1ccccc1. The summed E-state index contributed by atoms with van der Waals surface area (Å²) in [7, 11) is -1.43. The van der Waals surface area contributed by atoms with E-state index in [1.54, 1.807) is 0 Å². The predicted octanol–water partition coefficient (Wildman–Crippen LogP) is 5.39. The predicted molar refractivity (Wildman–Crippen MR) is 108 cm³/mol. The van der Waals surface area contributed by atoms with E-state index in [2.05, 4.69) is 0 Å². The monoisotopic (exact) mass is 414 g/mol. The van der Waals surface area contributed by atoms with Crippen molar-refractivity contribution in [1.82, 2.24) is 0 Å². The average molecular weight is 414 g/mol. The van der Waals surface area contributed by atoms with Crippen LogP contribution in [0.5, 0.6) is 0 Å². The Labute approximate surface area is 151 Å². The van der Waals surface area contributed by atoms with Gasteiger partial charge in [0.1, 0.15) is 0 Å². The highest BCUT2D eigenvalue weighted by atomic mass is 32.5. The van der Waals surface area contributed by atoms with Crippen molar-refractivity contribution >= 4 is 50.3 Å². The molecule has 1 rings (SSSR count). The zero-order valence-electron chi connectivity index (χ0n) is 14.0. The van der Waals surface area contributed by atoms with Crippen LogP contribution in [0.2, 0.25) is 0 Å². The van der Waals surface area contributed by atoms with Gasteiger partial charge in [0.25, 0.3) is 0 Å². The summed E-state index contributed by atoms with van der Waals surface area (Å²) in [5.41, 5.74) is 0. The van der Waals surface area contributed by atoms with E-state index in [9.17, 15) is 0 Å². The molecule has 0 heterocycles. The Hall–Kier alpha value is 0.790. The minimum Gasteiger partial charge on any atom is -0.329 e. The molecule has 132 valence electrons. The van der Waals surface area contributed by atoms with Gasteiger partial charge >= 0.3 is 0 Å². The van der Waals surface area contributed by atoms with E-state index in [0.29, 0.717) is 25.5 Å². The van der Waals surface area contributed by atoms with Gasteiger partial charge in [-0.3, -0.25) is 8.62 Å². The van der Waals surface area contributed by atoms with E-state index in [-0.39, 0.29) is 0 Å². The summed E-state index contributed by atoms with van der Waals surface area (Å²) < 4.78 is 23.8. The quantitative estimate of drug-likeness (QED) is 0.452. The zero-order chi connectivity index (χ0) is 17.3. The molecule has 0 saturated heterocycles. The lowest BCUT2D eigenvalue weighted by Crippen LogP contribution is -2.07. The van der Waals surface area contributed by atoms with Crippen LogP contribution in [0.1, 0.15) is 27.7 Å². The number of benzene rings is 1. The minimum absolute atomic E-state index is 0.524. The second-order valence-electron chi connectivity index (χ2n) is 4.45. The molecule has 1 aromatic rings. The summed E-state index contributed by atoms with van der Waals surface area (Å²) in [5, 5.41) is 0.937. The van der Waals surface area contributed by atoms with Gasteiger partial charge in [-0.15, -0.1) is 0 Å². The number of rotatable bonds is 11. The van der Waals surface area contributed by atoms with Crippen LogP contribution in [0, 0.1) is 0 Å². The highest BCUT2D eigenvalue weighted by Crippen LogP contribution is 2.67.